The highest BCUT2D eigenvalue weighted by molar-refractivity contribution is 7.99. The van der Waals surface area contributed by atoms with E-state index in [1.165, 1.54) is 9.79 Å². The first-order valence-electron chi connectivity index (χ1n) is 5.01. The number of rotatable bonds is 3. The van der Waals surface area contributed by atoms with Gasteiger partial charge >= 0.3 is 0 Å². The van der Waals surface area contributed by atoms with Gasteiger partial charge in [0.15, 0.2) is 0 Å². The molecule has 0 aliphatic carbocycles. The van der Waals surface area contributed by atoms with Gasteiger partial charge in [-0.3, -0.25) is 0 Å². The van der Waals surface area contributed by atoms with Crippen molar-refractivity contribution >= 4 is 11.8 Å². The molecule has 0 aromatic heterocycles. The van der Waals surface area contributed by atoms with Crippen LogP contribution in [0.25, 0.3) is 0 Å². The van der Waals surface area contributed by atoms with Crippen molar-refractivity contribution in [2.24, 2.45) is 0 Å². The van der Waals surface area contributed by atoms with E-state index in [9.17, 15) is 0 Å². The van der Waals surface area contributed by atoms with E-state index in [0.29, 0.717) is 0 Å². The topological polar surface area (TPSA) is 0 Å². The zero-order chi connectivity index (χ0) is 11.2. The Labute approximate surface area is 101 Å². The molecule has 0 amide bonds. The lowest BCUT2D eigenvalue weighted by molar-refractivity contribution is 1.37. The average molecular weight is 223 g/mol. The van der Waals surface area contributed by atoms with Gasteiger partial charge in [-0.2, -0.15) is 0 Å². The quantitative estimate of drug-likeness (QED) is 0.708. The van der Waals surface area contributed by atoms with E-state index in [1.54, 1.807) is 18.2 Å². The monoisotopic (exact) mass is 223 g/mol. The summed E-state index contributed by atoms with van der Waals surface area (Å²) in [7, 11) is 0. The van der Waals surface area contributed by atoms with Crippen molar-refractivity contribution < 1.29 is 0 Å². The van der Waals surface area contributed by atoms with Crippen LogP contribution < -0.4 is 0 Å². The molecule has 0 atom stereocenters. The number of hydrogen-bond donors (Lipinski definition) is 0. The second-order valence-electron chi connectivity index (χ2n) is 3.30. The number of terminal acetylenes is 1. The molecule has 0 spiro atoms. The molecule has 16 heavy (non-hydrogen) atoms. The average Bonchev–Trinajstić information content (AvgIpc) is 2.31. The van der Waals surface area contributed by atoms with E-state index in [1.807, 2.05) is 30.3 Å². The van der Waals surface area contributed by atoms with Crippen LogP contribution in [0.15, 0.2) is 64.4 Å². The summed E-state index contributed by atoms with van der Waals surface area (Å²) in [4.78, 5) is 2.44. The van der Waals surface area contributed by atoms with Gasteiger partial charge in [0.1, 0.15) is 0 Å². The maximum Gasteiger partial charge on any atom is 0.0628 e. The fraction of sp³-hybridized carbons (Fsp3) is 0. The maximum absolute atomic E-state index is 5.25. The lowest BCUT2D eigenvalue weighted by atomic mass is 10.2. The van der Waals surface area contributed by atoms with E-state index >= 15 is 0 Å². The molecule has 2 rings (SSSR count). The molecule has 0 bridgehead atoms. The highest BCUT2D eigenvalue weighted by Crippen LogP contribution is 2.27. The lowest BCUT2D eigenvalue weighted by Crippen LogP contribution is -1.79. The second-order valence-corrected chi connectivity index (χ2v) is 4.45. The molecular formula is C15H11S. The molecule has 0 nitrogen and oxygen atoms in total. The van der Waals surface area contributed by atoms with Crippen molar-refractivity contribution in [2.45, 2.75) is 9.79 Å². The second kappa shape index (κ2) is 5.44. The summed E-state index contributed by atoms with van der Waals surface area (Å²) in [6, 6.07) is 18.5. The van der Waals surface area contributed by atoms with Crippen LogP contribution in [0.3, 0.4) is 0 Å². The Morgan fingerprint density at radius 1 is 0.938 bits per heavy atom. The molecule has 77 valence electrons. The lowest BCUT2D eigenvalue weighted by Gasteiger charge is -2.02. The first kappa shape index (κ1) is 10.9. The van der Waals surface area contributed by atoms with Crippen LogP contribution in [-0.2, 0) is 0 Å². The first-order valence-corrected chi connectivity index (χ1v) is 5.82. The van der Waals surface area contributed by atoms with Crippen LogP contribution >= 0.6 is 11.8 Å². The Morgan fingerprint density at radius 3 is 2.44 bits per heavy atom. The summed E-state index contributed by atoms with van der Waals surface area (Å²) in [5.41, 5.74) is 1.07. The molecule has 0 N–H and O–H groups in total. The van der Waals surface area contributed by atoms with E-state index in [0.717, 1.165) is 5.56 Å². The van der Waals surface area contributed by atoms with E-state index in [4.69, 9.17) is 6.42 Å². The van der Waals surface area contributed by atoms with Crippen molar-refractivity contribution in [3.8, 4) is 12.3 Å². The first-order chi connectivity index (χ1) is 7.88. The van der Waals surface area contributed by atoms with Crippen LogP contribution in [0.2, 0.25) is 0 Å². The standard InChI is InChI=1S/C15H11S/c1-2-7-13-8-6-11-15(12-13)16-14-9-4-3-5-10-14/h1,3-12H. The summed E-state index contributed by atoms with van der Waals surface area (Å²) in [5, 5.41) is 0. The third-order valence-corrected chi connectivity index (χ3v) is 3.08. The minimum absolute atomic E-state index is 1.07. The SMILES string of the molecule is C#C[CH]c1cccc(Sc2ccccc2)c1. The predicted octanol–water partition coefficient (Wildman–Crippen LogP) is 4.02. The Bertz CT molecular complexity index is 494. The van der Waals surface area contributed by atoms with Gasteiger partial charge in [0.25, 0.3) is 0 Å². The molecule has 0 fully saturated rings. The third-order valence-electron chi connectivity index (χ3n) is 2.09. The van der Waals surface area contributed by atoms with Gasteiger partial charge in [-0.05, 0) is 29.8 Å². The summed E-state index contributed by atoms with van der Waals surface area (Å²) in [6.07, 6.45) is 7.02. The molecule has 1 heteroatoms. The van der Waals surface area contributed by atoms with Crippen LogP contribution in [0.1, 0.15) is 5.56 Å². The summed E-state index contributed by atoms with van der Waals surface area (Å²) >= 11 is 1.74. The van der Waals surface area contributed by atoms with Gasteiger partial charge in [-0.15, -0.1) is 6.42 Å². The fourth-order valence-electron chi connectivity index (χ4n) is 1.39. The highest BCUT2D eigenvalue weighted by Gasteiger charge is 1.97. The van der Waals surface area contributed by atoms with Gasteiger partial charge in [-0.25, -0.2) is 0 Å². The van der Waals surface area contributed by atoms with Crippen molar-refractivity contribution in [2.75, 3.05) is 0 Å². The Morgan fingerprint density at radius 2 is 1.69 bits per heavy atom. The minimum Gasteiger partial charge on any atom is -0.119 e. The number of hydrogen-bond acceptors (Lipinski definition) is 1. The third kappa shape index (κ3) is 2.92. The van der Waals surface area contributed by atoms with Gasteiger partial charge in [0, 0.05) is 9.79 Å². The van der Waals surface area contributed by atoms with Crippen LogP contribution in [-0.4, -0.2) is 0 Å². The summed E-state index contributed by atoms with van der Waals surface area (Å²) < 4.78 is 0. The van der Waals surface area contributed by atoms with E-state index in [-0.39, 0.29) is 0 Å². The molecule has 2 aromatic carbocycles. The molecular weight excluding hydrogens is 212 g/mol. The van der Waals surface area contributed by atoms with E-state index < -0.39 is 0 Å². The molecule has 0 saturated carbocycles. The zero-order valence-electron chi connectivity index (χ0n) is 8.76. The maximum atomic E-state index is 5.25. The molecule has 0 heterocycles. The largest absolute Gasteiger partial charge is 0.119 e. The molecule has 0 unspecified atom stereocenters. The fourth-order valence-corrected chi connectivity index (χ4v) is 2.30. The highest BCUT2D eigenvalue weighted by atomic mass is 32.2. The van der Waals surface area contributed by atoms with Gasteiger partial charge in [-0.1, -0.05) is 48.0 Å². The number of benzene rings is 2. The molecule has 0 aliphatic rings. The molecule has 1 radical (unpaired) electrons. The minimum atomic E-state index is 1.07. The normalized spacial score (nSPS) is 9.69. The van der Waals surface area contributed by atoms with Crippen molar-refractivity contribution in [3.05, 3.63) is 66.6 Å². The van der Waals surface area contributed by atoms with Crippen molar-refractivity contribution in [1.29, 1.82) is 0 Å². The predicted molar refractivity (Wildman–Crippen MR) is 69.2 cm³/mol. The van der Waals surface area contributed by atoms with Gasteiger partial charge < -0.3 is 0 Å². The van der Waals surface area contributed by atoms with E-state index in [2.05, 4.69) is 30.2 Å². The molecule has 2 aromatic rings. The summed E-state index contributed by atoms with van der Waals surface area (Å²) in [6.45, 7) is 0. The van der Waals surface area contributed by atoms with Gasteiger partial charge in [0.2, 0.25) is 0 Å². The summed E-state index contributed by atoms with van der Waals surface area (Å²) in [5.74, 6) is 2.54. The van der Waals surface area contributed by atoms with Crippen molar-refractivity contribution in [1.82, 2.24) is 0 Å². The van der Waals surface area contributed by atoms with Crippen LogP contribution in [0.4, 0.5) is 0 Å². The van der Waals surface area contributed by atoms with Crippen molar-refractivity contribution in [3.63, 3.8) is 0 Å². The van der Waals surface area contributed by atoms with Gasteiger partial charge in [0.05, 0.1) is 6.42 Å². The smallest absolute Gasteiger partial charge is 0.0628 e. The van der Waals surface area contributed by atoms with Crippen LogP contribution in [0.5, 0.6) is 0 Å². The molecule has 0 aliphatic heterocycles. The Balaban J connectivity index is 2.16. The zero-order valence-corrected chi connectivity index (χ0v) is 9.58. The Kier molecular flexibility index (Phi) is 3.69. The Hall–Kier alpha value is -1.65. The van der Waals surface area contributed by atoms with Crippen LogP contribution in [0, 0.1) is 18.8 Å². The molecule has 0 saturated heterocycles.